The predicted octanol–water partition coefficient (Wildman–Crippen LogP) is 8.40. The molecule has 0 saturated heterocycles. The van der Waals surface area contributed by atoms with Crippen molar-refractivity contribution in [1.29, 1.82) is 0 Å². The molecule has 0 atom stereocenters. The van der Waals surface area contributed by atoms with Crippen LogP contribution in [0, 0.1) is 11.6 Å². The summed E-state index contributed by atoms with van der Waals surface area (Å²) in [6, 6.07) is 18.5. The van der Waals surface area contributed by atoms with E-state index in [2.05, 4.69) is 16.0 Å². The maximum absolute atomic E-state index is 13.3. The summed E-state index contributed by atoms with van der Waals surface area (Å²) >= 11 is 0. The van der Waals surface area contributed by atoms with Gasteiger partial charge in [0.05, 0.1) is 34.7 Å². The van der Waals surface area contributed by atoms with E-state index in [1.165, 1.54) is 24.3 Å². The lowest BCUT2D eigenvalue weighted by molar-refractivity contribution is 0.0956. The number of nitrogen functional groups attached to an aromatic ring is 1. The first-order chi connectivity index (χ1) is 24.3. The summed E-state index contributed by atoms with van der Waals surface area (Å²) in [7, 11) is 4.89. The number of hydrogen-bond donors (Lipinski definition) is 4. The number of hydrogen-bond acceptors (Lipinski definition) is 8. The van der Waals surface area contributed by atoms with Crippen LogP contribution in [0.5, 0.6) is 11.5 Å². The lowest BCUT2D eigenvalue weighted by atomic mass is 10.0. The molecular weight excluding hydrogens is 658 g/mol. The molecular formula is C39H40F2N4O6. The van der Waals surface area contributed by atoms with E-state index in [-0.39, 0.29) is 35.7 Å². The molecule has 266 valence electrons. The van der Waals surface area contributed by atoms with Gasteiger partial charge in [0.2, 0.25) is 0 Å². The predicted molar refractivity (Wildman–Crippen MR) is 195 cm³/mol. The maximum Gasteiger partial charge on any atom is 0.255 e. The molecule has 0 bridgehead atoms. The summed E-state index contributed by atoms with van der Waals surface area (Å²) in [5.74, 6) is 0.563. The second kappa shape index (κ2) is 15.2. The highest BCUT2D eigenvalue weighted by atomic mass is 19.1. The monoisotopic (exact) mass is 698 g/mol. The fourth-order valence-electron chi connectivity index (χ4n) is 5.47. The first kappa shape index (κ1) is 36.2. The summed E-state index contributed by atoms with van der Waals surface area (Å²) in [6.07, 6.45) is -0.0851. The Morgan fingerprint density at radius 3 is 1.47 bits per heavy atom. The number of benzene rings is 4. The normalized spacial score (nSPS) is 11.0. The molecule has 2 aromatic heterocycles. The molecule has 0 aliphatic rings. The van der Waals surface area contributed by atoms with E-state index in [1.54, 1.807) is 69.7 Å². The second-order valence-electron chi connectivity index (χ2n) is 12.1. The minimum absolute atomic E-state index is 0.0218. The Hall–Kier alpha value is -6.04. The average Bonchev–Trinajstić information content (AvgIpc) is 3.65. The third-order valence-electron chi connectivity index (χ3n) is 7.73. The lowest BCUT2D eigenvalue weighted by Crippen LogP contribution is -2.18. The first-order valence-electron chi connectivity index (χ1n) is 16.3. The molecule has 0 spiro atoms. The molecule has 6 rings (SSSR count). The number of anilines is 2. The van der Waals surface area contributed by atoms with Crippen molar-refractivity contribution in [2.75, 3.05) is 32.2 Å². The van der Waals surface area contributed by atoms with Crippen LogP contribution in [0.4, 0.5) is 20.2 Å². The van der Waals surface area contributed by atoms with E-state index in [4.69, 9.17) is 24.0 Å². The van der Waals surface area contributed by atoms with Gasteiger partial charge in [-0.1, -0.05) is 0 Å². The third kappa shape index (κ3) is 7.75. The summed E-state index contributed by atoms with van der Waals surface area (Å²) < 4.78 is 49.9. The molecule has 6 aromatic rings. The second-order valence-corrected chi connectivity index (χ2v) is 12.1. The number of ether oxygens (including phenoxy) is 2. The molecule has 0 aliphatic heterocycles. The zero-order valence-electron chi connectivity index (χ0n) is 29.4. The highest BCUT2D eigenvalue weighted by Gasteiger charge is 2.25. The molecule has 4 aromatic carbocycles. The standard InChI is InChI=1S/C20H21FN2O3.C19H19FN2O3/c1-11(2)25-17-9-14-16(10-15(17)22-3)26-19(18(14)20(24)23-4)12-5-7-13(21)8-6-12;1-10(2)24-16-8-13-15(9-14(16)21)25-18(17(13)19(23)22-3)11-4-6-12(20)7-5-11/h5-11,22H,1-4H3,(H,23,24);4-10H,21H2,1-3H3,(H,22,23). The Balaban J connectivity index is 0.000000198. The van der Waals surface area contributed by atoms with Crippen LogP contribution in [0.2, 0.25) is 0 Å². The van der Waals surface area contributed by atoms with Crippen molar-refractivity contribution in [3.8, 4) is 34.1 Å². The quantitative estimate of drug-likeness (QED) is 0.110. The zero-order valence-corrected chi connectivity index (χ0v) is 29.4. The van der Waals surface area contributed by atoms with Gasteiger partial charge in [0.1, 0.15) is 45.8 Å². The smallest absolute Gasteiger partial charge is 0.255 e. The zero-order chi connectivity index (χ0) is 37.0. The number of carbonyl (C=O) groups is 2. The Bertz CT molecular complexity index is 2190. The number of furan rings is 2. The molecule has 0 fully saturated rings. The molecule has 5 N–H and O–H groups in total. The fraction of sp³-hybridized carbons (Fsp3) is 0.231. The van der Waals surface area contributed by atoms with Gasteiger partial charge in [-0.3, -0.25) is 9.59 Å². The summed E-state index contributed by atoms with van der Waals surface area (Å²) in [6.45, 7) is 7.65. The van der Waals surface area contributed by atoms with Crippen molar-refractivity contribution in [2.45, 2.75) is 39.9 Å². The number of amides is 2. The Kier molecular flexibility index (Phi) is 10.8. The molecule has 0 saturated carbocycles. The summed E-state index contributed by atoms with van der Waals surface area (Å²) in [5, 5.41) is 9.55. The van der Waals surface area contributed by atoms with Gasteiger partial charge in [0, 0.05) is 55.2 Å². The number of halogens is 2. The number of nitrogens with one attached hydrogen (secondary N) is 3. The summed E-state index contributed by atoms with van der Waals surface area (Å²) in [5.41, 5.74) is 10.2. The van der Waals surface area contributed by atoms with Gasteiger partial charge in [-0.15, -0.1) is 0 Å². The van der Waals surface area contributed by atoms with E-state index < -0.39 is 0 Å². The molecule has 12 heteroatoms. The van der Waals surface area contributed by atoms with Crippen LogP contribution in [0.1, 0.15) is 48.4 Å². The van der Waals surface area contributed by atoms with Crippen molar-refractivity contribution < 1.29 is 36.7 Å². The van der Waals surface area contributed by atoms with Gasteiger partial charge in [0.15, 0.2) is 0 Å². The fourth-order valence-corrected chi connectivity index (χ4v) is 5.47. The van der Waals surface area contributed by atoms with Crippen LogP contribution in [-0.2, 0) is 0 Å². The highest BCUT2D eigenvalue weighted by Crippen LogP contribution is 2.40. The van der Waals surface area contributed by atoms with Crippen LogP contribution in [0.3, 0.4) is 0 Å². The van der Waals surface area contributed by atoms with Crippen molar-refractivity contribution >= 4 is 45.1 Å². The van der Waals surface area contributed by atoms with Crippen LogP contribution in [0.25, 0.3) is 44.6 Å². The van der Waals surface area contributed by atoms with Gasteiger partial charge >= 0.3 is 0 Å². The largest absolute Gasteiger partial charge is 0.489 e. The Morgan fingerprint density at radius 2 is 1.06 bits per heavy atom. The molecule has 0 aliphatic carbocycles. The van der Waals surface area contributed by atoms with Crippen molar-refractivity contribution in [3.05, 3.63) is 95.6 Å². The number of carbonyl (C=O) groups excluding carboxylic acids is 2. The van der Waals surface area contributed by atoms with E-state index in [0.29, 0.717) is 72.9 Å². The minimum atomic E-state index is -0.363. The van der Waals surface area contributed by atoms with E-state index in [0.717, 1.165) is 5.69 Å². The molecule has 51 heavy (non-hydrogen) atoms. The first-order valence-corrected chi connectivity index (χ1v) is 16.3. The Morgan fingerprint density at radius 1 is 0.647 bits per heavy atom. The van der Waals surface area contributed by atoms with Gasteiger partial charge in [-0.2, -0.15) is 0 Å². The molecule has 10 nitrogen and oxygen atoms in total. The van der Waals surface area contributed by atoms with E-state index in [1.807, 2.05) is 27.7 Å². The van der Waals surface area contributed by atoms with Crippen LogP contribution >= 0.6 is 0 Å². The van der Waals surface area contributed by atoms with Crippen LogP contribution in [-0.4, -0.2) is 45.2 Å². The topological polar surface area (TPSA) is 141 Å². The van der Waals surface area contributed by atoms with Gasteiger partial charge in [-0.25, -0.2) is 8.78 Å². The van der Waals surface area contributed by atoms with Crippen molar-refractivity contribution in [1.82, 2.24) is 10.6 Å². The number of rotatable bonds is 9. The van der Waals surface area contributed by atoms with Crippen molar-refractivity contribution in [2.24, 2.45) is 0 Å². The lowest BCUT2D eigenvalue weighted by Gasteiger charge is -2.14. The van der Waals surface area contributed by atoms with E-state index in [9.17, 15) is 18.4 Å². The molecule has 0 unspecified atom stereocenters. The van der Waals surface area contributed by atoms with Crippen LogP contribution < -0.4 is 31.2 Å². The SMILES string of the molecule is CNC(=O)c1c(-c2ccc(F)cc2)oc2cc(N)c(OC(C)C)cc12.CNC(=O)c1c(-c2ccc(F)cc2)oc2cc(NC)c(OC(C)C)cc12. The average molecular weight is 699 g/mol. The van der Waals surface area contributed by atoms with Gasteiger partial charge in [-0.05, 0) is 88.4 Å². The summed E-state index contributed by atoms with van der Waals surface area (Å²) in [4.78, 5) is 25.0. The van der Waals surface area contributed by atoms with Gasteiger partial charge < -0.3 is 40.0 Å². The highest BCUT2D eigenvalue weighted by molar-refractivity contribution is 6.13. The number of nitrogens with two attached hydrogens (primary N) is 1. The molecule has 2 amide bonds. The Labute approximate surface area is 293 Å². The van der Waals surface area contributed by atoms with Crippen LogP contribution in [0.15, 0.2) is 81.6 Å². The van der Waals surface area contributed by atoms with Gasteiger partial charge in [0.25, 0.3) is 11.8 Å². The molecule has 2 heterocycles. The third-order valence-corrected chi connectivity index (χ3v) is 7.73. The van der Waals surface area contributed by atoms with E-state index >= 15 is 0 Å². The minimum Gasteiger partial charge on any atom is -0.489 e. The molecule has 0 radical (unpaired) electrons. The number of fused-ring (bicyclic) bond motifs is 2. The maximum atomic E-state index is 13.3. The van der Waals surface area contributed by atoms with Crippen molar-refractivity contribution in [3.63, 3.8) is 0 Å².